The van der Waals surface area contributed by atoms with Crippen molar-refractivity contribution in [1.82, 2.24) is 5.32 Å². The van der Waals surface area contributed by atoms with Gasteiger partial charge in [-0.3, -0.25) is 9.59 Å². The Morgan fingerprint density at radius 3 is 2.89 bits per heavy atom. The van der Waals surface area contributed by atoms with E-state index in [9.17, 15) is 9.59 Å². The third-order valence-electron chi connectivity index (χ3n) is 2.81. The third-order valence-corrected chi connectivity index (χ3v) is 2.81. The second kappa shape index (κ2) is 5.08. The molecule has 5 heteroatoms. The summed E-state index contributed by atoms with van der Waals surface area (Å²) in [4.78, 5) is 22.4. The van der Waals surface area contributed by atoms with Gasteiger partial charge < -0.3 is 15.2 Å². The van der Waals surface area contributed by atoms with Gasteiger partial charge in [-0.25, -0.2) is 0 Å². The van der Waals surface area contributed by atoms with Gasteiger partial charge in [-0.1, -0.05) is 18.2 Å². The Bertz CT molecular complexity index is 447. The van der Waals surface area contributed by atoms with Crippen LogP contribution in [0.5, 0.6) is 5.75 Å². The van der Waals surface area contributed by atoms with Crippen LogP contribution in [0.4, 0.5) is 0 Å². The van der Waals surface area contributed by atoms with Crippen LogP contribution in [0.25, 0.3) is 0 Å². The molecular weight excluding hydrogens is 234 g/mol. The molecule has 0 saturated carbocycles. The molecule has 1 heterocycles. The van der Waals surface area contributed by atoms with E-state index in [1.165, 1.54) is 0 Å². The lowest BCUT2D eigenvalue weighted by molar-refractivity contribution is -0.137. The van der Waals surface area contributed by atoms with Crippen LogP contribution < -0.4 is 10.1 Å². The molecule has 0 bridgehead atoms. The van der Waals surface area contributed by atoms with Crippen molar-refractivity contribution in [3.05, 3.63) is 29.8 Å². The van der Waals surface area contributed by atoms with E-state index in [0.717, 1.165) is 11.3 Å². The van der Waals surface area contributed by atoms with Crippen LogP contribution in [-0.4, -0.2) is 29.1 Å². The molecule has 18 heavy (non-hydrogen) atoms. The normalized spacial score (nSPS) is 18.6. The van der Waals surface area contributed by atoms with Crippen molar-refractivity contribution in [2.75, 3.05) is 0 Å². The van der Waals surface area contributed by atoms with Gasteiger partial charge in [0.05, 0.1) is 6.42 Å². The van der Waals surface area contributed by atoms with Gasteiger partial charge >= 0.3 is 5.97 Å². The molecule has 0 spiro atoms. The Hall–Kier alpha value is -2.04. The summed E-state index contributed by atoms with van der Waals surface area (Å²) in [6.07, 6.45) is -0.119. The lowest BCUT2D eigenvalue weighted by Crippen LogP contribution is -2.42. The van der Waals surface area contributed by atoms with E-state index < -0.39 is 18.1 Å². The highest BCUT2D eigenvalue weighted by atomic mass is 16.5. The minimum Gasteiger partial charge on any atom is -0.481 e. The first kappa shape index (κ1) is 12.4. The molecule has 0 aromatic heterocycles. The van der Waals surface area contributed by atoms with Crippen molar-refractivity contribution >= 4 is 11.9 Å². The number of hydrogen-bond donors (Lipinski definition) is 2. The first-order chi connectivity index (χ1) is 8.56. The van der Waals surface area contributed by atoms with E-state index in [-0.39, 0.29) is 12.3 Å². The number of aliphatic carboxylic acids is 1. The zero-order chi connectivity index (χ0) is 13.1. The standard InChI is InChI=1S/C13H15NO4/c1-8(6-12(15)16)14-13(17)11-7-9-4-2-3-5-10(9)18-11/h2-5,8,11H,6-7H2,1H3,(H,14,17)(H,15,16). The maximum absolute atomic E-state index is 11.9. The monoisotopic (exact) mass is 249 g/mol. The number of carbonyl (C=O) groups is 2. The molecule has 5 nitrogen and oxygen atoms in total. The Balaban J connectivity index is 1.91. The minimum atomic E-state index is -0.932. The number of hydrogen-bond acceptors (Lipinski definition) is 3. The summed E-state index contributed by atoms with van der Waals surface area (Å²) in [5.41, 5.74) is 1.00. The van der Waals surface area contributed by atoms with Crippen LogP contribution >= 0.6 is 0 Å². The van der Waals surface area contributed by atoms with Gasteiger partial charge in [-0.15, -0.1) is 0 Å². The van der Waals surface area contributed by atoms with Crippen molar-refractivity contribution in [2.24, 2.45) is 0 Å². The second-order valence-electron chi connectivity index (χ2n) is 4.43. The molecule has 1 amide bonds. The van der Waals surface area contributed by atoms with Gasteiger partial charge in [0.15, 0.2) is 6.10 Å². The predicted octanol–water partition coefficient (Wildman–Crippen LogP) is 0.969. The van der Waals surface area contributed by atoms with Crippen molar-refractivity contribution < 1.29 is 19.4 Å². The number of nitrogens with one attached hydrogen (secondary N) is 1. The molecule has 0 aliphatic carbocycles. The Labute approximate surface area is 105 Å². The molecule has 2 N–H and O–H groups in total. The molecule has 2 rings (SSSR count). The predicted molar refractivity (Wildman–Crippen MR) is 64.4 cm³/mol. The van der Waals surface area contributed by atoms with Crippen LogP contribution in [0, 0.1) is 0 Å². The average molecular weight is 249 g/mol. The lowest BCUT2D eigenvalue weighted by Gasteiger charge is -2.15. The highest BCUT2D eigenvalue weighted by Crippen LogP contribution is 2.28. The van der Waals surface area contributed by atoms with E-state index in [1.807, 2.05) is 24.3 Å². The van der Waals surface area contributed by atoms with Gasteiger partial charge in [0.1, 0.15) is 5.75 Å². The SMILES string of the molecule is CC(CC(=O)O)NC(=O)C1Cc2ccccc2O1. The quantitative estimate of drug-likeness (QED) is 0.833. The highest BCUT2D eigenvalue weighted by Gasteiger charge is 2.29. The van der Waals surface area contributed by atoms with E-state index in [2.05, 4.69) is 5.32 Å². The van der Waals surface area contributed by atoms with Crippen LogP contribution in [0.3, 0.4) is 0 Å². The molecule has 2 atom stereocenters. The molecule has 1 aliphatic heterocycles. The fourth-order valence-electron chi connectivity index (χ4n) is 1.98. The zero-order valence-electron chi connectivity index (χ0n) is 10.1. The van der Waals surface area contributed by atoms with Gasteiger partial charge in [-0.05, 0) is 18.6 Å². The third kappa shape index (κ3) is 2.80. The first-order valence-corrected chi connectivity index (χ1v) is 5.83. The number of fused-ring (bicyclic) bond motifs is 1. The van der Waals surface area contributed by atoms with E-state index >= 15 is 0 Å². The number of carboxylic acids is 1. The molecular formula is C13H15NO4. The van der Waals surface area contributed by atoms with Gasteiger partial charge in [0, 0.05) is 12.5 Å². The van der Waals surface area contributed by atoms with Crippen molar-refractivity contribution in [2.45, 2.75) is 31.9 Å². The van der Waals surface area contributed by atoms with E-state index in [1.54, 1.807) is 6.92 Å². The van der Waals surface area contributed by atoms with Gasteiger partial charge in [0.25, 0.3) is 5.91 Å². The Morgan fingerprint density at radius 1 is 1.50 bits per heavy atom. The molecule has 1 aromatic carbocycles. The maximum atomic E-state index is 11.9. The summed E-state index contributed by atoms with van der Waals surface area (Å²) in [6, 6.07) is 7.09. The summed E-state index contributed by atoms with van der Waals surface area (Å²) in [7, 11) is 0. The van der Waals surface area contributed by atoms with Gasteiger partial charge in [0.2, 0.25) is 0 Å². The molecule has 0 saturated heterocycles. The molecule has 2 unspecified atom stereocenters. The van der Waals surface area contributed by atoms with Crippen LogP contribution in [0.2, 0.25) is 0 Å². The van der Waals surface area contributed by atoms with Crippen LogP contribution in [0.15, 0.2) is 24.3 Å². The van der Waals surface area contributed by atoms with Gasteiger partial charge in [-0.2, -0.15) is 0 Å². The molecule has 96 valence electrons. The van der Waals surface area contributed by atoms with Crippen LogP contribution in [0.1, 0.15) is 18.9 Å². The maximum Gasteiger partial charge on any atom is 0.305 e. The molecule has 0 fully saturated rings. The summed E-state index contributed by atoms with van der Waals surface area (Å²) in [6.45, 7) is 1.66. The number of rotatable bonds is 4. The summed E-state index contributed by atoms with van der Waals surface area (Å²) in [5.74, 6) is -0.470. The minimum absolute atomic E-state index is 0.0919. The Kier molecular flexibility index (Phi) is 3.50. The Morgan fingerprint density at radius 2 is 2.22 bits per heavy atom. The molecule has 0 radical (unpaired) electrons. The lowest BCUT2D eigenvalue weighted by atomic mass is 10.1. The number of carbonyl (C=O) groups excluding carboxylic acids is 1. The number of amides is 1. The number of benzene rings is 1. The number of carboxylic acid groups (broad SMARTS) is 1. The second-order valence-corrected chi connectivity index (χ2v) is 4.43. The number of para-hydroxylation sites is 1. The first-order valence-electron chi connectivity index (χ1n) is 5.83. The van der Waals surface area contributed by atoms with Crippen molar-refractivity contribution in [3.63, 3.8) is 0 Å². The molecule has 1 aliphatic rings. The van der Waals surface area contributed by atoms with Crippen molar-refractivity contribution in [3.8, 4) is 5.75 Å². The summed E-state index contributed by atoms with van der Waals surface area (Å²) >= 11 is 0. The highest BCUT2D eigenvalue weighted by molar-refractivity contribution is 5.83. The topological polar surface area (TPSA) is 75.6 Å². The molecule has 1 aromatic rings. The van der Waals surface area contributed by atoms with Crippen LogP contribution in [-0.2, 0) is 16.0 Å². The fourth-order valence-corrected chi connectivity index (χ4v) is 1.98. The summed E-state index contributed by atoms with van der Waals surface area (Å²) < 4.78 is 5.52. The smallest absolute Gasteiger partial charge is 0.305 e. The van der Waals surface area contributed by atoms with Crippen molar-refractivity contribution in [1.29, 1.82) is 0 Å². The van der Waals surface area contributed by atoms with E-state index in [0.29, 0.717) is 6.42 Å². The zero-order valence-corrected chi connectivity index (χ0v) is 10.1. The number of ether oxygens (including phenoxy) is 1. The fraction of sp³-hybridized carbons (Fsp3) is 0.385. The largest absolute Gasteiger partial charge is 0.481 e. The summed E-state index contributed by atoms with van der Waals surface area (Å²) in [5, 5.41) is 11.3. The van der Waals surface area contributed by atoms with E-state index in [4.69, 9.17) is 9.84 Å². The average Bonchev–Trinajstić information content (AvgIpc) is 2.71.